The number of carbonyl (C=O) groups excluding carboxylic acids is 3. The number of nitrogens with zero attached hydrogens (tertiary/aromatic N) is 1. The van der Waals surface area contributed by atoms with E-state index in [0.717, 1.165) is 27.8 Å². The first-order chi connectivity index (χ1) is 14.7. The van der Waals surface area contributed by atoms with Crippen LogP contribution in [0.25, 0.3) is 10.9 Å². The van der Waals surface area contributed by atoms with E-state index >= 15 is 0 Å². The predicted molar refractivity (Wildman–Crippen MR) is 118 cm³/mol. The Kier molecular flexibility index (Phi) is 6.26. The normalized spacial score (nSPS) is 10.7. The molecule has 3 rings (SSSR count). The van der Waals surface area contributed by atoms with Gasteiger partial charge in [0.15, 0.2) is 0 Å². The van der Waals surface area contributed by atoms with Crippen LogP contribution in [0.15, 0.2) is 29.1 Å². The summed E-state index contributed by atoms with van der Waals surface area (Å²) in [4.78, 5) is 50.0. The smallest absolute Gasteiger partial charge is 0.348 e. The Morgan fingerprint density at radius 1 is 1.03 bits per heavy atom. The van der Waals surface area contributed by atoms with E-state index < -0.39 is 17.8 Å². The maximum Gasteiger partial charge on any atom is 0.348 e. The van der Waals surface area contributed by atoms with Gasteiger partial charge in [0.2, 0.25) is 5.91 Å². The summed E-state index contributed by atoms with van der Waals surface area (Å²) in [5.74, 6) is -1.82. The van der Waals surface area contributed by atoms with Gasteiger partial charge in [-0.15, -0.1) is 11.3 Å². The van der Waals surface area contributed by atoms with E-state index in [0.29, 0.717) is 11.1 Å². The van der Waals surface area contributed by atoms with Crippen molar-refractivity contribution in [3.8, 4) is 0 Å². The van der Waals surface area contributed by atoms with Gasteiger partial charge in [-0.1, -0.05) is 18.2 Å². The number of rotatable bonds is 5. The van der Waals surface area contributed by atoms with Gasteiger partial charge in [0.25, 0.3) is 5.56 Å². The third kappa shape index (κ3) is 4.09. The van der Waals surface area contributed by atoms with Crippen LogP contribution in [0.4, 0.5) is 5.00 Å². The number of amides is 1. The molecular weight excluding hydrogens is 420 g/mol. The maximum atomic E-state index is 12.9. The Balaban J connectivity index is 2.02. The fourth-order valence-electron chi connectivity index (χ4n) is 3.49. The van der Waals surface area contributed by atoms with Gasteiger partial charge >= 0.3 is 11.9 Å². The molecule has 2 heterocycles. The molecule has 0 radical (unpaired) electrons. The number of para-hydroxylation sites is 1. The van der Waals surface area contributed by atoms with Gasteiger partial charge < -0.3 is 14.8 Å². The largest absolute Gasteiger partial charge is 0.465 e. The summed E-state index contributed by atoms with van der Waals surface area (Å²) < 4.78 is 10.9. The molecule has 1 amide bonds. The second-order valence-corrected chi connectivity index (χ2v) is 8.04. The van der Waals surface area contributed by atoms with Crippen molar-refractivity contribution >= 4 is 45.1 Å². The fourth-order valence-corrected chi connectivity index (χ4v) is 4.62. The number of pyridine rings is 1. The number of fused-ring (bicyclic) bond motifs is 1. The molecule has 0 atom stereocenters. The monoisotopic (exact) mass is 442 g/mol. The van der Waals surface area contributed by atoms with Crippen LogP contribution in [0.2, 0.25) is 0 Å². The summed E-state index contributed by atoms with van der Waals surface area (Å²) in [5, 5.41) is 3.69. The summed E-state index contributed by atoms with van der Waals surface area (Å²) >= 11 is 0.920. The molecule has 0 saturated heterocycles. The van der Waals surface area contributed by atoms with E-state index in [9.17, 15) is 19.2 Å². The van der Waals surface area contributed by atoms with Crippen LogP contribution in [-0.2, 0) is 20.8 Å². The van der Waals surface area contributed by atoms with Gasteiger partial charge in [-0.3, -0.25) is 14.2 Å². The number of esters is 2. The fraction of sp³-hybridized carbons (Fsp3) is 0.273. The summed E-state index contributed by atoms with van der Waals surface area (Å²) in [5.41, 5.74) is 2.49. The van der Waals surface area contributed by atoms with Crippen molar-refractivity contribution in [1.29, 1.82) is 0 Å². The molecular formula is C22H22N2O6S. The van der Waals surface area contributed by atoms with Gasteiger partial charge in [0, 0.05) is 11.5 Å². The number of benzene rings is 1. The van der Waals surface area contributed by atoms with Crippen molar-refractivity contribution in [2.45, 2.75) is 27.3 Å². The summed E-state index contributed by atoms with van der Waals surface area (Å²) in [6, 6.07) is 7.15. The number of aromatic nitrogens is 1. The number of methoxy groups -OCH3 is 2. The Morgan fingerprint density at radius 2 is 1.71 bits per heavy atom. The number of anilines is 1. The van der Waals surface area contributed by atoms with Crippen molar-refractivity contribution < 1.29 is 23.9 Å². The number of hydrogen-bond donors (Lipinski definition) is 1. The minimum absolute atomic E-state index is 0.0820. The van der Waals surface area contributed by atoms with Gasteiger partial charge in [0.05, 0.1) is 25.3 Å². The molecule has 0 unspecified atom stereocenters. The third-order valence-corrected chi connectivity index (χ3v) is 6.19. The summed E-state index contributed by atoms with van der Waals surface area (Å²) in [6.45, 7) is 5.03. The molecule has 0 aliphatic carbocycles. The highest BCUT2D eigenvalue weighted by Crippen LogP contribution is 2.34. The number of hydrogen-bond acceptors (Lipinski definition) is 7. The number of thiophene rings is 1. The van der Waals surface area contributed by atoms with Crippen LogP contribution < -0.4 is 10.9 Å². The quantitative estimate of drug-likeness (QED) is 0.609. The van der Waals surface area contributed by atoms with E-state index in [1.165, 1.54) is 24.9 Å². The molecule has 9 heteroatoms. The third-order valence-electron chi connectivity index (χ3n) is 5.00. The maximum absolute atomic E-state index is 12.9. The number of ether oxygens (including phenoxy) is 2. The molecule has 1 aromatic carbocycles. The number of nitrogens with one attached hydrogen (secondary N) is 1. The zero-order valence-electron chi connectivity index (χ0n) is 17.8. The Labute approximate surface area is 182 Å². The zero-order valence-corrected chi connectivity index (χ0v) is 18.6. The summed E-state index contributed by atoms with van der Waals surface area (Å²) in [6.07, 6.45) is 0. The molecule has 0 spiro atoms. The molecule has 162 valence electrons. The van der Waals surface area contributed by atoms with E-state index in [4.69, 9.17) is 9.47 Å². The highest BCUT2D eigenvalue weighted by molar-refractivity contribution is 7.18. The van der Waals surface area contributed by atoms with Crippen molar-refractivity contribution in [3.63, 3.8) is 0 Å². The average Bonchev–Trinajstić information content (AvgIpc) is 3.05. The van der Waals surface area contributed by atoms with Gasteiger partial charge in [0.1, 0.15) is 16.4 Å². The van der Waals surface area contributed by atoms with Gasteiger partial charge in [-0.25, -0.2) is 9.59 Å². The molecule has 0 aliphatic rings. The van der Waals surface area contributed by atoms with Crippen LogP contribution in [0.3, 0.4) is 0 Å². The van der Waals surface area contributed by atoms with Crippen LogP contribution in [-0.4, -0.2) is 36.6 Å². The molecule has 0 bridgehead atoms. The summed E-state index contributed by atoms with van der Waals surface area (Å²) in [7, 11) is 2.44. The number of aryl methyl sites for hydroxylation is 2. The predicted octanol–water partition coefficient (Wildman–Crippen LogP) is 3.20. The van der Waals surface area contributed by atoms with Crippen LogP contribution >= 0.6 is 11.3 Å². The van der Waals surface area contributed by atoms with E-state index in [1.54, 1.807) is 6.92 Å². The van der Waals surface area contributed by atoms with Crippen LogP contribution in [0.5, 0.6) is 0 Å². The Bertz CT molecular complexity index is 1270. The zero-order chi connectivity index (χ0) is 22.9. The van der Waals surface area contributed by atoms with Crippen molar-refractivity contribution in [3.05, 3.63) is 61.8 Å². The SMILES string of the molecule is COC(=O)c1sc(NC(=O)Cn2c(=O)cc(C)c3cccc(C)c32)c(C(=O)OC)c1C. The molecule has 0 fully saturated rings. The lowest BCUT2D eigenvalue weighted by atomic mass is 10.1. The highest BCUT2D eigenvalue weighted by Gasteiger charge is 2.27. The average molecular weight is 442 g/mol. The standard InChI is InChI=1S/C22H22N2O6S/c1-11-7-6-8-14-12(2)9-16(26)24(18(11)14)10-15(25)23-20-17(21(27)29-4)13(3)19(31-20)22(28)30-5/h6-9H,10H2,1-5H3,(H,23,25). The van der Waals surface area contributed by atoms with E-state index in [1.807, 2.05) is 32.0 Å². The topological polar surface area (TPSA) is 104 Å². The van der Waals surface area contributed by atoms with Gasteiger partial charge in [-0.2, -0.15) is 0 Å². The van der Waals surface area contributed by atoms with Crippen LogP contribution in [0.1, 0.15) is 36.7 Å². The molecule has 8 nitrogen and oxygen atoms in total. The first kappa shape index (κ1) is 22.2. The Hall–Kier alpha value is -3.46. The highest BCUT2D eigenvalue weighted by atomic mass is 32.1. The second kappa shape index (κ2) is 8.73. The Morgan fingerprint density at radius 3 is 2.35 bits per heavy atom. The number of carbonyl (C=O) groups is 3. The molecule has 1 N–H and O–H groups in total. The minimum Gasteiger partial charge on any atom is -0.465 e. The molecule has 3 aromatic rings. The molecule has 2 aromatic heterocycles. The van der Waals surface area contributed by atoms with Crippen molar-refractivity contribution in [2.24, 2.45) is 0 Å². The van der Waals surface area contributed by atoms with Crippen LogP contribution in [0, 0.1) is 20.8 Å². The lowest BCUT2D eigenvalue weighted by molar-refractivity contribution is -0.116. The van der Waals surface area contributed by atoms with E-state index in [-0.39, 0.29) is 27.5 Å². The molecule has 0 aliphatic heterocycles. The first-order valence-electron chi connectivity index (χ1n) is 9.39. The minimum atomic E-state index is -0.687. The lowest BCUT2D eigenvalue weighted by Gasteiger charge is -2.14. The van der Waals surface area contributed by atoms with Crippen molar-refractivity contribution in [2.75, 3.05) is 19.5 Å². The first-order valence-corrected chi connectivity index (χ1v) is 10.2. The van der Waals surface area contributed by atoms with Crippen molar-refractivity contribution in [1.82, 2.24) is 4.57 Å². The lowest BCUT2D eigenvalue weighted by Crippen LogP contribution is -2.28. The molecule has 31 heavy (non-hydrogen) atoms. The second-order valence-electron chi connectivity index (χ2n) is 7.01. The van der Waals surface area contributed by atoms with E-state index in [2.05, 4.69) is 5.32 Å². The molecule has 0 saturated carbocycles. The van der Waals surface area contributed by atoms with Gasteiger partial charge in [-0.05, 0) is 37.5 Å².